The normalized spacial score (nSPS) is 23.0. The molecule has 2 aromatic carbocycles. The number of aryl methyl sites for hydroxylation is 1. The van der Waals surface area contributed by atoms with E-state index in [-0.39, 0.29) is 17.0 Å². The van der Waals surface area contributed by atoms with Gasteiger partial charge in [0.25, 0.3) is 0 Å². The van der Waals surface area contributed by atoms with Crippen molar-refractivity contribution in [3.05, 3.63) is 64.7 Å². The first-order valence-electron chi connectivity index (χ1n) is 8.25. The van der Waals surface area contributed by atoms with E-state index in [0.29, 0.717) is 12.0 Å². The first-order valence-corrected chi connectivity index (χ1v) is 9.48. The van der Waals surface area contributed by atoms with Crippen molar-refractivity contribution in [3.8, 4) is 0 Å². The minimum Gasteiger partial charge on any atom is -0.295 e. The zero-order valence-electron chi connectivity index (χ0n) is 13.8. The van der Waals surface area contributed by atoms with Gasteiger partial charge in [-0.3, -0.25) is 4.90 Å². The van der Waals surface area contributed by atoms with Crippen LogP contribution in [0.1, 0.15) is 47.1 Å². The van der Waals surface area contributed by atoms with Crippen LogP contribution in [0, 0.1) is 6.92 Å². The van der Waals surface area contributed by atoms with E-state index in [4.69, 9.17) is 0 Å². The molecule has 0 aliphatic carbocycles. The number of thioether (sulfide) groups is 1. The van der Waals surface area contributed by atoms with Crippen molar-refractivity contribution < 1.29 is 0 Å². The zero-order chi connectivity index (χ0) is 15.1. The van der Waals surface area contributed by atoms with Crippen LogP contribution in [0.5, 0.6) is 0 Å². The van der Waals surface area contributed by atoms with E-state index in [1.807, 2.05) is 11.8 Å². The number of nitrogens with zero attached hydrogens (tertiary/aromatic N) is 1. The molecule has 0 amide bonds. The van der Waals surface area contributed by atoms with Crippen molar-refractivity contribution in [2.24, 2.45) is 0 Å². The van der Waals surface area contributed by atoms with Gasteiger partial charge in [0.15, 0.2) is 0 Å². The largest absolute Gasteiger partial charge is 0.295 e. The fourth-order valence-corrected chi connectivity index (χ4v) is 4.70. The van der Waals surface area contributed by atoms with E-state index in [2.05, 4.69) is 60.5 Å². The van der Waals surface area contributed by atoms with E-state index in [1.54, 1.807) is 11.1 Å². The second-order valence-electron chi connectivity index (χ2n) is 6.56. The smallest absolute Gasteiger partial charge is 0.0354 e. The molecule has 2 unspecified atom stereocenters. The molecule has 2 aromatic rings. The second kappa shape index (κ2) is 7.00. The highest BCUT2D eigenvalue weighted by Crippen LogP contribution is 2.45. The van der Waals surface area contributed by atoms with Gasteiger partial charge in [0.05, 0.1) is 0 Å². The summed E-state index contributed by atoms with van der Waals surface area (Å²) in [7, 11) is 0. The highest BCUT2D eigenvalue weighted by molar-refractivity contribution is 8.93. The Labute approximate surface area is 154 Å². The minimum absolute atomic E-state index is 0. The Kier molecular flexibility index (Phi) is 5.19. The molecule has 0 bridgehead atoms. The molecule has 1 saturated heterocycles. The van der Waals surface area contributed by atoms with Gasteiger partial charge >= 0.3 is 0 Å². The lowest BCUT2D eigenvalue weighted by molar-refractivity contribution is 0.229. The molecule has 4 rings (SSSR count). The topological polar surface area (TPSA) is 3.24 Å². The average Bonchev–Trinajstić information content (AvgIpc) is 3.02. The number of benzene rings is 2. The number of hydrogen-bond acceptors (Lipinski definition) is 2. The number of halogens is 1. The molecule has 2 atom stereocenters. The molecule has 0 saturated carbocycles. The molecule has 0 N–H and O–H groups in total. The maximum atomic E-state index is 2.71. The Morgan fingerprint density at radius 3 is 2.61 bits per heavy atom. The van der Waals surface area contributed by atoms with E-state index >= 15 is 0 Å². The average molecular weight is 390 g/mol. The predicted octanol–water partition coefficient (Wildman–Crippen LogP) is 5.58. The first kappa shape index (κ1) is 17.1. The standard InChI is InChI=1S/C20H23NS.BrH/c1-14-5-3-6-17-18(15-8-10-16(22-2)11-9-15)13-21-12-4-7-19(21)20(14)17;/h3,5-6,8-11,18-19H,4,7,12-13H2,1-2H3;1H. The Hall–Kier alpha value is -0.770. The minimum atomic E-state index is 0. The van der Waals surface area contributed by atoms with Gasteiger partial charge in [-0.1, -0.05) is 30.3 Å². The molecule has 0 radical (unpaired) electrons. The third-order valence-corrected chi connectivity index (χ3v) is 6.11. The van der Waals surface area contributed by atoms with Gasteiger partial charge in [-0.15, -0.1) is 28.7 Å². The van der Waals surface area contributed by atoms with Crippen molar-refractivity contribution in [2.45, 2.75) is 36.6 Å². The molecule has 2 heterocycles. The summed E-state index contributed by atoms with van der Waals surface area (Å²) in [5.74, 6) is 0.528. The summed E-state index contributed by atoms with van der Waals surface area (Å²) in [5, 5.41) is 0. The fraction of sp³-hybridized carbons (Fsp3) is 0.400. The van der Waals surface area contributed by atoms with E-state index in [9.17, 15) is 0 Å². The second-order valence-corrected chi connectivity index (χ2v) is 7.44. The molecule has 122 valence electrons. The van der Waals surface area contributed by atoms with Crippen molar-refractivity contribution in [3.63, 3.8) is 0 Å². The van der Waals surface area contributed by atoms with Crippen LogP contribution >= 0.6 is 28.7 Å². The molecule has 2 aliphatic rings. The van der Waals surface area contributed by atoms with E-state index in [0.717, 1.165) is 0 Å². The summed E-state index contributed by atoms with van der Waals surface area (Å²) in [6.07, 6.45) is 4.82. The lowest BCUT2D eigenvalue weighted by Crippen LogP contribution is -2.35. The van der Waals surface area contributed by atoms with Crippen LogP contribution in [0.4, 0.5) is 0 Å². The van der Waals surface area contributed by atoms with Crippen molar-refractivity contribution in [2.75, 3.05) is 19.3 Å². The quantitative estimate of drug-likeness (QED) is 0.616. The summed E-state index contributed by atoms with van der Waals surface area (Å²) in [6.45, 7) is 4.73. The third-order valence-electron chi connectivity index (χ3n) is 5.37. The monoisotopic (exact) mass is 389 g/mol. The Morgan fingerprint density at radius 1 is 1.09 bits per heavy atom. The van der Waals surface area contributed by atoms with Crippen molar-refractivity contribution >= 4 is 28.7 Å². The van der Waals surface area contributed by atoms with E-state index in [1.165, 1.54) is 42.0 Å². The molecule has 3 heteroatoms. The van der Waals surface area contributed by atoms with Gasteiger partial charge in [-0.25, -0.2) is 0 Å². The van der Waals surface area contributed by atoms with Crippen LogP contribution in [0.2, 0.25) is 0 Å². The Morgan fingerprint density at radius 2 is 1.87 bits per heavy atom. The van der Waals surface area contributed by atoms with Crippen LogP contribution in [-0.4, -0.2) is 24.2 Å². The lowest BCUT2D eigenvalue weighted by atomic mass is 9.80. The van der Waals surface area contributed by atoms with Crippen LogP contribution in [0.25, 0.3) is 0 Å². The summed E-state index contributed by atoms with van der Waals surface area (Å²) in [6, 6.07) is 16.8. The zero-order valence-corrected chi connectivity index (χ0v) is 16.3. The van der Waals surface area contributed by atoms with Gasteiger partial charge in [0.1, 0.15) is 0 Å². The fourth-order valence-electron chi connectivity index (χ4n) is 4.29. The highest BCUT2D eigenvalue weighted by Gasteiger charge is 2.37. The van der Waals surface area contributed by atoms with Gasteiger partial charge in [-0.05, 0) is 67.0 Å². The summed E-state index contributed by atoms with van der Waals surface area (Å²) in [5.41, 5.74) is 6.13. The summed E-state index contributed by atoms with van der Waals surface area (Å²) >= 11 is 1.82. The van der Waals surface area contributed by atoms with Gasteiger partial charge in [0, 0.05) is 23.4 Å². The van der Waals surface area contributed by atoms with E-state index < -0.39 is 0 Å². The molecule has 1 fully saturated rings. The maximum absolute atomic E-state index is 2.71. The Bertz CT molecular complexity index is 683. The molecule has 2 aliphatic heterocycles. The molecule has 0 aromatic heterocycles. The van der Waals surface area contributed by atoms with Crippen LogP contribution < -0.4 is 0 Å². The number of fused-ring (bicyclic) bond motifs is 3. The molecular weight excluding hydrogens is 366 g/mol. The van der Waals surface area contributed by atoms with Crippen molar-refractivity contribution in [1.29, 1.82) is 0 Å². The lowest BCUT2D eigenvalue weighted by Gasteiger charge is -2.38. The Balaban J connectivity index is 0.00000156. The summed E-state index contributed by atoms with van der Waals surface area (Å²) < 4.78 is 0. The summed E-state index contributed by atoms with van der Waals surface area (Å²) in [4.78, 5) is 4.06. The van der Waals surface area contributed by atoms with Gasteiger partial charge in [0.2, 0.25) is 0 Å². The van der Waals surface area contributed by atoms with Gasteiger partial charge < -0.3 is 0 Å². The van der Waals surface area contributed by atoms with Gasteiger partial charge in [-0.2, -0.15) is 0 Å². The number of rotatable bonds is 2. The van der Waals surface area contributed by atoms with Crippen LogP contribution in [0.15, 0.2) is 47.4 Å². The van der Waals surface area contributed by atoms with Crippen molar-refractivity contribution in [1.82, 2.24) is 4.90 Å². The molecular formula is C20H24BrNS. The maximum Gasteiger partial charge on any atom is 0.0354 e. The van der Waals surface area contributed by atoms with Crippen LogP contribution in [-0.2, 0) is 0 Å². The first-order chi connectivity index (χ1) is 10.8. The number of hydrogen-bond donors (Lipinski definition) is 0. The highest BCUT2D eigenvalue weighted by atomic mass is 79.9. The molecule has 1 nitrogen and oxygen atoms in total. The third kappa shape index (κ3) is 2.99. The predicted molar refractivity (Wildman–Crippen MR) is 105 cm³/mol. The van der Waals surface area contributed by atoms with Crippen LogP contribution in [0.3, 0.4) is 0 Å². The molecule has 23 heavy (non-hydrogen) atoms. The SMILES string of the molecule is Br.CSc1ccc(C2CN3CCCC3c3c(C)cccc32)cc1. The molecule has 0 spiro atoms.